The van der Waals surface area contributed by atoms with Crippen LogP contribution in [-0.4, -0.2) is 26.1 Å². The second kappa shape index (κ2) is 2.79. The van der Waals surface area contributed by atoms with Crippen LogP contribution in [0.3, 0.4) is 0 Å². The molecule has 0 radical (unpaired) electrons. The summed E-state index contributed by atoms with van der Waals surface area (Å²) in [5, 5.41) is 23.3. The summed E-state index contributed by atoms with van der Waals surface area (Å²) in [5.74, 6) is -1.01. The van der Waals surface area contributed by atoms with Crippen molar-refractivity contribution in [1.29, 1.82) is 5.26 Å². The molecule has 6 heteroatoms. The van der Waals surface area contributed by atoms with Crippen molar-refractivity contribution in [3.8, 4) is 6.07 Å². The fourth-order valence-electron chi connectivity index (χ4n) is 0.565. The topological polar surface area (TPSA) is 91.8 Å². The normalized spacial score (nSPS) is 9.00. The number of aromatic nitrogens is 3. The van der Waals surface area contributed by atoms with Gasteiger partial charge < -0.3 is 5.11 Å². The van der Waals surface area contributed by atoms with Crippen LogP contribution in [0.2, 0.25) is 0 Å². The van der Waals surface area contributed by atoms with Crippen molar-refractivity contribution >= 4 is 5.97 Å². The molecule has 0 spiro atoms. The zero-order chi connectivity index (χ0) is 8.27. The molecule has 1 heterocycles. The van der Waals surface area contributed by atoms with Crippen LogP contribution in [0.25, 0.3) is 0 Å². The van der Waals surface area contributed by atoms with Crippen molar-refractivity contribution in [1.82, 2.24) is 15.0 Å². The Morgan fingerprint density at radius 1 is 1.91 bits per heavy atom. The fraction of sp³-hybridized carbons (Fsp3) is 0.200. The smallest absolute Gasteiger partial charge is 0.325 e. The van der Waals surface area contributed by atoms with Crippen molar-refractivity contribution in [2.75, 3.05) is 0 Å². The second-order valence-electron chi connectivity index (χ2n) is 1.81. The molecule has 1 aromatic heterocycles. The first-order valence-corrected chi connectivity index (χ1v) is 2.74. The number of rotatable bonds is 2. The molecule has 0 fully saturated rings. The molecule has 0 unspecified atom stereocenters. The Hall–Kier alpha value is -1.90. The van der Waals surface area contributed by atoms with Gasteiger partial charge in [-0.3, -0.25) is 4.79 Å². The average Bonchev–Trinajstić information content (AvgIpc) is 2.34. The first-order chi connectivity index (χ1) is 5.22. The van der Waals surface area contributed by atoms with Crippen LogP contribution >= 0.6 is 0 Å². The van der Waals surface area contributed by atoms with Gasteiger partial charge in [-0.2, -0.15) is 5.26 Å². The Morgan fingerprint density at radius 2 is 2.64 bits per heavy atom. The Balaban J connectivity index is 2.75. The third-order valence-corrected chi connectivity index (χ3v) is 0.950. The number of hydrogen-bond acceptors (Lipinski definition) is 4. The van der Waals surface area contributed by atoms with Crippen LogP contribution in [0.1, 0.15) is 5.69 Å². The lowest BCUT2D eigenvalue weighted by Gasteiger charge is -1.89. The van der Waals surface area contributed by atoms with E-state index < -0.39 is 5.97 Å². The van der Waals surface area contributed by atoms with Crippen LogP contribution in [0, 0.1) is 11.3 Å². The molecule has 11 heavy (non-hydrogen) atoms. The number of carboxylic acids is 1. The summed E-state index contributed by atoms with van der Waals surface area (Å²) in [6.07, 6.45) is 1.27. The lowest BCUT2D eigenvalue weighted by atomic mass is 10.5. The minimum absolute atomic E-state index is 0.117. The van der Waals surface area contributed by atoms with Crippen molar-refractivity contribution in [2.24, 2.45) is 0 Å². The van der Waals surface area contributed by atoms with E-state index in [9.17, 15) is 4.79 Å². The molecule has 56 valence electrons. The first-order valence-electron chi connectivity index (χ1n) is 2.74. The van der Waals surface area contributed by atoms with Crippen LogP contribution in [0.4, 0.5) is 0 Å². The number of carboxylic acid groups (broad SMARTS) is 1. The van der Waals surface area contributed by atoms with E-state index >= 15 is 0 Å². The van der Waals surface area contributed by atoms with Crippen LogP contribution in [-0.2, 0) is 11.3 Å². The predicted molar refractivity (Wildman–Crippen MR) is 32.4 cm³/mol. The first kappa shape index (κ1) is 7.21. The van der Waals surface area contributed by atoms with Gasteiger partial charge in [-0.15, -0.1) is 5.10 Å². The Kier molecular flexibility index (Phi) is 1.83. The van der Waals surface area contributed by atoms with E-state index in [1.165, 1.54) is 6.20 Å². The predicted octanol–water partition coefficient (Wildman–Crippen LogP) is -0.766. The van der Waals surface area contributed by atoms with Gasteiger partial charge in [0.05, 0.1) is 6.20 Å². The molecule has 0 saturated carbocycles. The molecule has 0 atom stereocenters. The maximum absolute atomic E-state index is 10.1. The van der Waals surface area contributed by atoms with E-state index in [0.29, 0.717) is 0 Å². The summed E-state index contributed by atoms with van der Waals surface area (Å²) in [6.45, 7) is -0.269. The van der Waals surface area contributed by atoms with Gasteiger partial charge in [0.2, 0.25) is 0 Å². The zero-order valence-corrected chi connectivity index (χ0v) is 5.43. The lowest BCUT2D eigenvalue weighted by molar-refractivity contribution is -0.137. The van der Waals surface area contributed by atoms with Crippen molar-refractivity contribution in [3.63, 3.8) is 0 Å². The van der Waals surface area contributed by atoms with Crippen LogP contribution in [0.15, 0.2) is 6.20 Å². The number of aliphatic carboxylic acids is 1. The third kappa shape index (κ3) is 1.76. The highest BCUT2D eigenvalue weighted by Crippen LogP contribution is 1.88. The van der Waals surface area contributed by atoms with E-state index in [4.69, 9.17) is 10.4 Å². The summed E-state index contributed by atoms with van der Waals surface area (Å²) in [7, 11) is 0. The second-order valence-corrected chi connectivity index (χ2v) is 1.81. The minimum atomic E-state index is -1.01. The maximum atomic E-state index is 10.1. The maximum Gasteiger partial charge on any atom is 0.325 e. The molecular formula is C5H4N4O2. The van der Waals surface area contributed by atoms with Gasteiger partial charge in [-0.25, -0.2) is 4.68 Å². The SMILES string of the molecule is N#Cc1cn(CC(=O)O)nn1. The van der Waals surface area contributed by atoms with Crippen molar-refractivity contribution in [3.05, 3.63) is 11.9 Å². The highest BCUT2D eigenvalue weighted by Gasteiger charge is 2.01. The number of hydrogen-bond donors (Lipinski definition) is 1. The summed E-state index contributed by atoms with van der Waals surface area (Å²) in [5.41, 5.74) is 0.117. The van der Waals surface area contributed by atoms with E-state index in [-0.39, 0.29) is 12.2 Å². The number of nitrogens with zero attached hydrogens (tertiary/aromatic N) is 4. The molecule has 1 aromatic rings. The molecule has 1 rings (SSSR count). The van der Waals surface area contributed by atoms with Crippen LogP contribution in [0.5, 0.6) is 0 Å². The van der Waals surface area contributed by atoms with Crippen LogP contribution < -0.4 is 0 Å². The Labute approximate surface area is 61.7 Å². The molecule has 1 N–H and O–H groups in total. The molecule has 0 aliphatic rings. The molecular weight excluding hydrogens is 148 g/mol. The summed E-state index contributed by atoms with van der Waals surface area (Å²) >= 11 is 0. The molecule has 6 nitrogen and oxygen atoms in total. The monoisotopic (exact) mass is 152 g/mol. The zero-order valence-electron chi connectivity index (χ0n) is 5.43. The summed E-state index contributed by atoms with van der Waals surface area (Å²) in [4.78, 5) is 10.1. The van der Waals surface area contributed by atoms with Gasteiger partial charge in [0.25, 0.3) is 0 Å². The number of carbonyl (C=O) groups is 1. The quantitative estimate of drug-likeness (QED) is 0.601. The Morgan fingerprint density at radius 3 is 3.09 bits per heavy atom. The summed E-state index contributed by atoms with van der Waals surface area (Å²) < 4.78 is 1.08. The van der Waals surface area contributed by atoms with Gasteiger partial charge in [0.15, 0.2) is 5.69 Å². The minimum Gasteiger partial charge on any atom is -0.480 e. The molecule has 0 bridgehead atoms. The van der Waals surface area contributed by atoms with Crippen molar-refractivity contribution < 1.29 is 9.90 Å². The van der Waals surface area contributed by atoms with Gasteiger partial charge in [-0.1, -0.05) is 5.21 Å². The van der Waals surface area contributed by atoms with E-state index in [1.807, 2.05) is 0 Å². The van der Waals surface area contributed by atoms with E-state index in [0.717, 1.165) is 4.68 Å². The van der Waals surface area contributed by atoms with E-state index in [2.05, 4.69) is 10.3 Å². The standard InChI is InChI=1S/C5H4N4O2/c6-1-4-2-9(8-7-4)3-5(10)11/h2H,3H2,(H,10,11). The molecule has 0 aliphatic heterocycles. The highest BCUT2D eigenvalue weighted by molar-refractivity contribution is 5.66. The summed E-state index contributed by atoms with van der Waals surface area (Å²) in [6, 6.07) is 1.73. The Bertz CT molecular complexity index is 311. The van der Waals surface area contributed by atoms with Gasteiger partial charge in [0, 0.05) is 0 Å². The molecule has 0 aromatic carbocycles. The van der Waals surface area contributed by atoms with Gasteiger partial charge in [0.1, 0.15) is 12.6 Å². The number of nitriles is 1. The fourth-order valence-corrected chi connectivity index (χ4v) is 0.565. The third-order valence-electron chi connectivity index (χ3n) is 0.950. The average molecular weight is 152 g/mol. The largest absolute Gasteiger partial charge is 0.480 e. The van der Waals surface area contributed by atoms with E-state index in [1.54, 1.807) is 6.07 Å². The molecule has 0 saturated heterocycles. The van der Waals surface area contributed by atoms with Gasteiger partial charge in [-0.05, 0) is 0 Å². The lowest BCUT2D eigenvalue weighted by Crippen LogP contribution is -2.08. The van der Waals surface area contributed by atoms with Gasteiger partial charge >= 0.3 is 5.97 Å². The highest BCUT2D eigenvalue weighted by atomic mass is 16.4. The molecule has 0 aliphatic carbocycles. The van der Waals surface area contributed by atoms with Crippen molar-refractivity contribution in [2.45, 2.75) is 6.54 Å². The molecule has 0 amide bonds.